The van der Waals surface area contributed by atoms with Crippen LogP contribution in [-0.4, -0.2) is 25.2 Å². The molecule has 1 aliphatic carbocycles. The molecule has 4 heteroatoms. The standard InChI is InChI=1S/C14H24N2OS/c1-10(2)12-9-18-13(16-12)14(15-3)7-5-6-11(8-14)17-4/h9-11,15H,5-8H2,1-4H3. The molecule has 2 rings (SSSR count). The Bertz CT molecular complexity index is 391. The van der Waals surface area contributed by atoms with Crippen LogP contribution in [-0.2, 0) is 10.3 Å². The lowest BCUT2D eigenvalue weighted by atomic mass is 9.80. The quantitative estimate of drug-likeness (QED) is 0.910. The molecule has 0 amide bonds. The highest BCUT2D eigenvalue weighted by molar-refractivity contribution is 7.09. The van der Waals surface area contributed by atoms with E-state index in [1.54, 1.807) is 11.3 Å². The minimum Gasteiger partial charge on any atom is -0.381 e. The molecule has 0 spiro atoms. The van der Waals surface area contributed by atoms with Crippen LogP contribution in [0.25, 0.3) is 0 Å². The molecule has 0 radical (unpaired) electrons. The van der Waals surface area contributed by atoms with E-state index < -0.39 is 0 Å². The summed E-state index contributed by atoms with van der Waals surface area (Å²) in [5, 5.41) is 6.95. The Kier molecular flexibility index (Phi) is 4.41. The lowest BCUT2D eigenvalue weighted by Gasteiger charge is -2.38. The van der Waals surface area contributed by atoms with Crippen LogP contribution < -0.4 is 5.32 Å². The second kappa shape index (κ2) is 5.68. The van der Waals surface area contributed by atoms with Crippen LogP contribution >= 0.6 is 11.3 Å². The molecular formula is C14H24N2OS. The van der Waals surface area contributed by atoms with Crippen LogP contribution in [0.3, 0.4) is 0 Å². The summed E-state index contributed by atoms with van der Waals surface area (Å²) in [6, 6.07) is 0. The number of hydrogen-bond donors (Lipinski definition) is 1. The number of ether oxygens (including phenoxy) is 1. The predicted molar refractivity (Wildman–Crippen MR) is 76.2 cm³/mol. The van der Waals surface area contributed by atoms with E-state index in [-0.39, 0.29) is 5.54 Å². The average molecular weight is 268 g/mol. The van der Waals surface area contributed by atoms with Crippen molar-refractivity contribution in [3.05, 3.63) is 16.1 Å². The van der Waals surface area contributed by atoms with Crippen molar-refractivity contribution < 1.29 is 4.74 Å². The minimum atomic E-state index is 0.0245. The Hall–Kier alpha value is -0.450. The van der Waals surface area contributed by atoms with Gasteiger partial charge in [-0.05, 0) is 38.6 Å². The fourth-order valence-electron chi connectivity index (χ4n) is 2.72. The molecule has 0 saturated heterocycles. The summed E-state index contributed by atoms with van der Waals surface area (Å²) in [5.41, 5.74) is 1.24. The fraction of sp³-hybridized carbons (Fsp3) is 0.786. The number of methoxy groups -OCH3 is 1. The molecule has 102 valence electrons. The van der Waals surface area contributed by atoms with Crippen LogP contribution in [0.15, 0.2) is 5.38 Å². The van der Waals surface area contributed by atoms with E-state index in [1.165, 1.54) is 23.5 Å². The van der Waals surface area contributed by atoms with Crippen molar-refractivity contribution in [2.45, 2.75) is 57.1 Å². The van der Waals surface area contributed by atoms with Gasteiger partial charge in [-0.2, -0.15) is 0 Å². The molecule has 1 heterocycles. The first kappa shape index (κ1) is 14.0. The van der Waals surface area contributed by atoms with E-state index in [9.17, 15) is 0 Å². The third-order valence-corrected chi connectivity index (χ3v) is 5.11. The van der Waals surface area contributed by atoms with Gasteiger partial charge in [0.05, 0.1) is 17.3 Å². The summed E-state index contributed by atoms with van der Waals surface area (Å²) >= 11 is 1.79. The topological polar surface area (TPSA) is 34.2 Å². The van der Waals surface area contributed by atoms with Crippen molar-refractivity contribution in [3.63, 3.8) is 0 Å². The highest BCUT2D eigenvalue weighted by Gasteiger charge is 2.39. The molecule has 1 aromatic heterocycles. The van der Waals surface area contributed by atoms with Gasteiger partial charge in [0.1, 0.15) is 5.01 Å². The van der Waals surface area contributed by atoms with Gasteiger partial charge in [0.15, 0.2) is 0 Å². The molecule has 1 aliphatic rings. The van der Waals surface area contributed by atoms with E-state index in [1.807, 2.05) is 7.11 Å². The van der Waals surface area contributed by atoms with Gasteiger partial charge in [0.25, 0.3) is 0 Å². The number of rotatable bonds is 4. The largest absolute Gasteiger partial charge is 0.381 e. The van der Waals surface area contributed by atoms with Crippen molar-refractivity contribution in [1.82, 2.24) is 10.3 Å². The summed E-state index contributed by atoms with van der Waals surface area (Å²) in [6.07, 6.45) is 4.93. The normalized spacial score (nSPS) is 28.8. The Balaban J connectivity index is 2.24. The third-order valence-electron chi connectivity index (χ3n) is 4.04. The maximum Gasteiger partial charge on any atom is 0.113 e. The van der Waals surface area contributed by atoms with E-state index in [0.717, 1.165) is 12.8 Å². The minimum absolute atomic E-state index is 0.0245. The molecule has 2 unspecified atom stereocenters. The molecule has 0 aromatic carbocycles. The highest BCUT2D eigenvalue weighted by Crippen LogP contribution is 2.39. The Labute approximate surface area is 114 Å². The van der Waals surface area contributed by atoms with E-state index in [0.29, 0.717) is 12.0 Å². The van der Waals surface area contributed by atoms with Gasteiger partial charge in [-0.1, -0.05) is 13.8 Å². The molecule has 3 nitrogen and oxygen atoms in total. The maximum atomic E-state index is 5.56. The van der Waals surface area contributed by atoms with Gasteiger partial charge in [0.2, 0.25) is 0 Å². The first-order valence-corrected chi connectivity index (χ1v) is 7.67. The number of hydrogen-bond acceptors (Lipinski definition) is 4. The number of nitrogens with zero attached hydrogens (tertiary/aromatic N) is 1. The van der Waals surface area contributed by atoms with Crippen LogP contribution in [0.4, 0.5) is 0 Å². The number of nitrogens with one attached hydrogen (secondary N) is 1. The zero-order valence-electron chi connectivity index (χ0n) is 11.8. The van der Waals surface area contributed by atoms with Crippen molar-refractivity contribution in [3.8, 4) is 0 Å². The third kappa shape index (κ3) is 2.60. The van der Waals surface area contributed by atoms with E-state index in [2.05, 4.69) is 31.6 Å². The van der Waals surface area contributed by atoms with Crippen LogP contribution in [0.5, 0.6) is 0 Å². The maximum absolute atomic E-state index is 5.56. The average Bonchev–Trinajstić information content (AvgIpc) is 2.89. The number of thiazole rings is 1. The molecule has 1 saturated carbocycles. The molecule has 1 aromatic rings. The SMILES string of the molecule is CNC1(c2nc(C(C)C)cs2)CCCC(OC)C1. The first-order valence-electron chi connectivity index (χ1n) is 6.79. The van der Waals surface area contributed by atoms with Crippen molar-refractivity contribution in [2.75, 3.05) is 14.2 Å². The van der Waals surface area contributed by atoms with Crippen molar-refractivity contribution in [2.24, 2.45) is 0 Å². The lowest BCUT2D eigenvalue weighted by molar-refractivity contribution is 0.0314. The second-order valence-corrected chi connectivity index (χ2v) is 6.38. The van der Waals surface area contributed by atoms with Gasteiger partial charge in [-0.25, -0.2) is 4.98 Å². The van der Waals surface area contributed by atoms with Crippen LogP contribution in [0, 0.1) is 0 Å². The van der Waals surface area contributed by atoms with Gasteiger partial charge >= 0.3 is 0 Å². The van der Waals surface area contributed by atoms with Crippen LogP contribution in [0.1, 0.15) is 56.2 Å². The Morgan fingerprint density at radius 2 is 2.33 bits per heavy atom. The first-order chi connectivity index (χ1) is 8.61. The highest BCUT2D eigenvalue weighted by atomic mass is 32.1. The smallest absolute Gasteiger partial charge is 0.113 e. The molecule has 1 fully saturated rings. The summed E-state index contributed by atoms with van der Waals surface area (Å²) in [7, 11) is 3.87. The lowest BCUT2D eigenvalue weighted by Crippen LogP contribution is -2.46. The summed E-state index contributed by atoms with van der Waals surface area (Å²) < 4.78 is 5.56. The zero-order valence-corrected chi connectivity index (χ0v) is 12.6. The predicted octanol–water partition coefficient (Wildman–Crippen LogP) is 3.27. The van der Waals surface area contributed by atoms with Crippen molar-refractivity contribution >= 4 is 11.3 Å². The molecule has 0 aliphatic heterocycles. The second-order valence-electron chi connectivity index (χ2n) is 5.52. The molecule has 18 heavy (non-hydrogen) atoms. The Morgan fingerprint density at radius 3 is 2.89 bits per heavy atom. The van der Waals surface area contributed by atoms with Crippen molar-refractivity contribution in [1.29, 1.82) is 0 Å². The zero-order chi connectivity index (χ0) is 13.2. The van der Waals surface area contributed by atoms with Gasteiger partial charge in [0, 0.05) is 12.5 Å². The summed E-state index contributed by atoms with van der Waals surface area (Å²) in [4.78, 5) is 4.85. The molecule has 2 atom stereocenters. The Morgan fingerprint density at radius 1 is 1.56 bits per heavy atom. The monoisotopic (exact) mass is 268 g/mol. The van der Waals surface area contributed by atoms with Gasteiger partial charge in [-0.15, -0.1) is 11.3 Å². The van der Waals surface area contributed by atoms with E-state index in [4.69, 9.17) is 9.72 Å². The van der Waals surface area contributed by atoms with E-state index >= 15 is 0 Å². The molecule has 1 N–H and O–H groups in total. The summed E-state index contributed by atoms with van der Waals surface area (Å²) in [5.74, 6) is 0.505. The van der Waals surface area contributed by atoms with Gasteiger partial charge in [-0.3, -0.25) is 0 Å². The molecular weight excluding hydrogens is 244 g/mol. The van der Waals surface area contributed by atoms with Crippen LogP contribution in [0.2, 0.25) is 0 Å². The fourth-order valence-corrected chi connectivity index (χ4v) is 3.95. The molecule has 0 bridgehead atoms. The summed E-state index contributed by atoms with van der Waals surface area (Å²) in [6.45, 7) is 4.40. The number of aromatic nitrogens is 1. The van der Waals surface area contributed by atoms with Gasteiger partial charge < -0.3 is 10.1 Å².